The van der Waals surface area contributed by atoms with Crippen molar-refractivity contribution in [2.24, 2.45) is 29.6 Å². The molecule has 0 saturated heterocycles. The molecule has 2 aliphatic carbocycles. The van der Waals surface area contributed by atoms with Crippen molar-refractivity contribution < 1.29 is 19.0 Å². The first kappa shape index (κ1) is 14.8. The molecule has 0 aliphatic heterocycles. The predicted octanol–water partition coefficient (Wildman–Crippen LogP) is 2.47. The maximum absolute atomic E-state index is 12.0. The van der Waals surface area contributed by atoms with Gasteiger partial charge in [-0.05, 0) is 43.4 Å². The van der Waals surface area contributed by atoms with Gasteiger partial charge in [0.25, 0.3) is 0 Å². The second kappa shape index (κ2) is 6.71. The molecule has 0 aromatic carbocycles. The Balaban J connectivity index is 1.65. The van der Waals surface area contributed by atoms with E-state index in [1.54, 1.807) is 0 Å². The Kier molecular flexibility index (Phi) is 5.22. The molecule has 0 heterocycles. The number of fused-ring (bicyclic) bond motifs is 2. The summed E-state index contributed by atoms with van der Waals surface area (Å²) >= 11 is 0. The number of esters is 1. The smallest absolute Gasteiger partial charge is 0.311 e. The molecule has 0 amide bonds. The summed E-state index contributed by atoms with van der Waals surface area (Å²) in [6.07, 6.45) is 2.21. The molecule has 110 valence electrons. The van der Waals surface area contributed by atoms with Gasteiger partial charge in [-0.15, -0.1) is 0 Å². The highest BCUT2D eigenvalue weighted by Gasteiger charge is 2.51. The lowest BCUT2D eigenvalue weighted by molar-refractivity contribution is -0.165. The molecule has 4 heteroatoms. The Morgan fingerprint density at radius 3 is 2.47 bits per heavy atom. The Morgan fingerprint density at radius 2 is 1.84 bits per heavy atom. The largest absolute Gasteiger partial charge is 0.438 e. The van der Waals surface area contributed by atoms with Crippen LogP contribution in [0.3, 0.4) is 0 Å². The molecule has 0 N–H and O–H groups in total. The van der Waals surface area contributed by atoms with E-state index in [-0.39, 0.29) is 18.7 Å². The quantitative estimate of drug-likeness (QED) is 0.405. The van der Waals surface area contributed by atoms with Crippen LogP contribution in [0.2, 0.25) is 0 Å². The zero-order valence-corrected chi connectivity index (χ0v) is 12.3. The highest BCUT2D eigenvalue weighted by atomic mass is 16.7. The van der Waals surface area contributed by atoms with Gasteiger partial charge in [0.15, 0.2) is 6.79 Å². The molecular weight excluding hydrogens is 244 g/mol. The molecular formula is C15H26O4. The molecule has 0 aromatic heterocycles. The minimum atomic E-state index is -0.0670. The van der Waals surface area contributed by atoms with Crippen molar-refractivity contribution in [3.8, 4) is 0 Å². The molecule has 0 spiro atoms. The first-order chi connectivity index (χ1) is 9.15. The van der Waals surface area contributed by atoms with Crippen LogP contribution in [0.4, 0.5) is 0 Å². The molecule has 2 saturated carbocycles. The van der Waals surface area contributed by atoms with Gasteiger partial charge in [-0.1, -0.05) is 13.8 Å². The Labute approximate surface area is 115 Å². The molecule has 2 bridgehead atoms. The molecule has 2 fully saturated rings. The Bertz CT molecular complexity index is 303. The third-order valence-corrected chi connectivity index (χ3v) is 5.06. The van der Waals surface area contributed by atoms with Crippen LogP contribution >= 0.6 is 0 Å². The van der Waals surface area contributed by atoms with Crippen LogP contribution in [0, 0.1) is 29.6 Å². The van der Waals surface area contributed by atoms with Crippen molar-refractivity contribution in [1.29, 1.82) is 0 Å². The fourth-order valence-electron chi connectivity index (χ4n) is 3.74. The number of hydrogen-bond acceptors (Lipinski definition) is 4. The monoisotopic (exact) mass is 270 g/mol. The van der Waals surface area contributed by atoms with Crippen molar-refractivity contribution in [3.63, 3.8) is 0 Å². The number of rotatable bonds is 7. The number of carbonyl (C=O) groups is 1. The first-order valence-corrected chi connectivity index (χ1v) is 7.47. The van der Waals surface area contributed by atoms with Crippen LogP contribution in [0.15, 0.2) is 0 Å². The lowest BCUT2D eigenvalue weighted by atomic mass is 9.76. The third-order valence-electron chi connectivity index (χ3n) is 5.06. The maximum atomic E-state index is 12.0. The van der Waals surface area contributed by atoms with E-state index in [1.807, 2.05) is 6.92 Å². The van der Waals surface area contributed by atoms with Crippen molar-refractivity contribution in [2.45, 2.75) is 33.6 Å². The summed E-state index contributed by atoms with van der Waals surface area (Å²) in [5.74, 6) is 2.69. The van der Waals surface area contributed by atoms with E-state index in [0.717, 1.165) is 18.3 Å². The van der Waals surface area contributed by atoms with E-state index in [1.165, 1.54) is 6.42 Å². The van der Waals surface area contributed by atoms with Crippen LogP contribution in [-0.4, -0.2) is 32.6 Å². The lowest BCUT2D eigenvalue weighted by Gasteiger charge is -2.30. The van der Waals surface area contributed by atoms with Crippen molar-refractivity contribution in [3.05, 3.63) is 0 Å². The van der Waals surface area contributed by atoms with E-state index >= 15 is 0 Å². The second-order valence-corrected chi connectivity index (χ2v) is 5.91. The molecule has 19 heavy (non-hydrogen) atoms. The average molecular weight is 270 g/mol. The highest BCUT2D eigenvalue weighted by Crippen LogP contribution is 2.55. The van der Waals surface area contributed by atoms with Gasteiger partial charge in [-0.2, -0.15) is 0 Å². The Hall–Kier alpha value is -0.610. The standard InChI is InChI=1S/C15H26O4/c1-4-17-5-6-18-9-19-15(16)14-8-12-7-13(14)11(3)10(12)2/h10-14H,4-9H2,1-3H3. The number of ether oxygens (including phenoxy) is 3. The molecule has 5 unspecified atom stereocenters. The van der Waals surface area contributed by atoms with Gasteiger partial charge < -0.3 is 14.2 Å². The van der Waals surface area contributed by atoms with Gasteiger partial charge in [0.05, 0.1) is 19.1 Å². The minimum absolute atomic E-state index is 0.0593. The van der Waals surface area contributed by atoms with Crippen LogP contribution in [-0.2, 0) is 19.0 Å². The van der Waals surface area contributed by atoms with Gasteiger partial charge in [-0.25, -0.2) is 0 Å². The lowest BCUT2D eigenvalue weighted by Crippen LogP contribution is -2.31. The molecule has 5 atom stereocenters. The van der Waals surface area contributed by atoms with Gasteiger partial charge in [0.2, 0.25) is 0 Å². The van der Waals surface area contributed by atoms with Crippen LogP contribution in [0.5, 0.6) is 0 Å². The fraction of sp³-hybridized carbons (Fsp3) is 0.933. The van der Waals surface area contributed by atoms with E-state index in [2.05, 4.69) is 13.8 Å². The summed E-state index contributed by atoms with van der Waals surface area (Å²) in [7, 11) is 0. The normalized spacial score (nSPS) is 36.7. The van der Waals surface area contributed by atoms with Gasteiger partial charge in [0, 0.05) is 6.61 Å². The van der Waals surface area contributed by atoms with Crippen molar-refractivity contribution in [1.82, 2.24) is 0 Å². The predicted molar refractivity (Wildman–Crippen MR) is 71.4 cm³/mol. The zero-order valence-electron chi connectivity index (χ0n) is 12.3. The average Bonchev–Trinajstić information content (AvgIpc) is 2.95. The molecule has 0 aromatic rings. The van der Waals surface area contributed by atoms with Crippen molar-refractivity contribution >= 4 is 5.97 Å². The maximum Gasteiger partial charge on any atom is 0.311 e. The second-order valence-electron chi connectivity index (χ2n) is 5.91. The van der Waals surface area contributed by atoms with Gasteiger partial charge in [-0.3, -0.25) is 4.79 Å². The Morgan fingerprint density at radius 1 is 1.11 bits per heavy atom. The number of carbonyl (C=O) groups excluding carboxylic acids is 1. The topological polar surface area (TPSA) is 44.8 Å². The van der Waals surface area contributed by atoms with E-state index in [9.17, 15) is 4.79 Å². The summed E-state index contributed by atoms with van der Waals surface area (Å²) in [5.41, 5.74) is 0. The fourth-order valence-corrected chi connectivity index (χ4v) is 3.74. The van der Waals surface area contributed by atoms with Crippen LogP contribution in [0.25, 0.3) is 0 Å². The SMILES string of the molecule is CCOCCOCOC(=O)C1CC2CC1C(C)C2C. The summed E-state index contributed by atoms with van der Waals surface area (Å²) in [6, 6.07) is 0. The highest BCUT2D eigenvalue weighted by molar-refractivity contribution is 5.73. The van der Waals surface area contributed by atoms with Crippen LogP contribution in [0.1, 0.15) is 33.6 Å². The molecule has 2 rings (SSSR count). The zero-order chi connectivity index (χ0) is 13.8. The third kappa shape index (κ3) is 3.29. The van der Waals surface area contributed by atoms with Crippen LogP contribution < -0.4 is 0 Å². The summed E-state index contributed by atoms with van der Waals surface area (Å²) < 4.78 is 15.6. The minimum Gasteiger partial charge on any atom is -0.438 e. The summed E-state index contributed by atoms with van der Waals surface area (Å²) in [6.45, 7) is 8.30. The molecule has 2 aliphatic rings. The summed E-state index contributed by atoms with van der Waals surface area (Å²) in [4.78, 5) is 12.0. The molecule has 0 radical (unpaired) electrons. The van der Waals surface area contributed by atoms with E-state index in [4.69, 9.17) is 14.2 Å². The first-order valence-electron chi connectivity index (χ1n) is 7.47. The van der Waals surface area contributed by atoms with E-state index < -0.39 is 0 Å². The van der Waals surface area contributed by atoms with Gasteiger partial charge in [0.1, 0.15) is 0 Å². The van der Waals surface area contributed by atoms with Crippen molar-refractivity contribution in [2.75, 3.05) is 26.6 Å². The summed E-state index contributed by atoms with van der Waals surface area (Å²) in [5, 5.41) is 0. The number of hydrogen-bond donors (Lipinski definition) is 0. The van der Waals surface area contributed by atoms with E-state index in [0.29, 0.717) is 31.7 Å². The van der Waals surface area contributed by atoms with Gasteiger partial charge >= 0.3 is 5.97 Å². The molecule has 4 nitrogen and oxygen atoms in total.